The molecule has 0 aliphatic carbocycles. The molecule has 0 unspecified atom stereocenters. The van der Waals surface area contributed by atoms with Crippen LogP contribution in [0.25, 0.3) is 0 Å². The van der Waals surface area contributed by atoms with Gasteiger partial charge in [-0.15, -0.1) is 0 Å². The molecular formula is C17H20N2O5. The van der Waals surface area contributed by atoms with Crippen LogP contribution < -0.4 is 4.90 Å². The van der Waals surface area contributed by atoms with Gasteiger partial charge in [0.25, 0.3) is 0 Å². The maximum Gasteiger partial charge on any atom is 0.410 e. The third kappa shape index (κ3) is 2.31. The van der Waals surface area contributed by atoms with E-state index in [4.69, 9.17) is 4.74 Å². The minimum atomic E-state index is -1.04. The number of hydrogen-bond donors (Lipinski definition) is 1. The lowest BCUT2D eigenvalue weighted by atomic mass is 9.74. The Kier molecular flexibility index (Phi) is 3.37. The number of ether oxygens (including phenoxy) is 1. The Labute approximate surface area is 139 Å². The third-order valence-corrected chi connectivity index (χ3v) is 4.41. The summed E-state index contributed by atoms with van der Waals surface area (Å²) in [7, 11) is 1.66. The second kappa shape index (κ2) is 4.96. The van der Waals surface area contributed by atoms with E-state index in [1.54, 1.807) is 33.9 Å². The fourth-order valence-electron chi connectivity index (χ4n) is 3.26. The lowest BCUT2D eigenvalue weighted by Crippen LogP contribution is -2.65. The van der Waals surface area contributed by atoms with Crippen LogP contribution in [0, 0.1) is 0 Å². The third-order valence-electron chi connectivity index (χ3n) is 4.41. The first kappa shape index (κ1) is 16.3. The maximum atomic E-state index is 12.7. The molecule has 0 aromatic heterocycles. The Hall–Kier alpha value is -2.57. The van der Waals surface area contributed by atoms with Crippen molar-refractivity contribution in [2.24, 2.45) is 0 Å². The van der Waals surface area contributed by atoms with Crippen molar-refractivity contribution in [3.05, 3.63) is 29.3 Å². The molecule has 0 saturated carbocycles. The Morgan fingerprint density at radius 1 is 1.25 bits per heavy atom. The zero-order chi connectivity index (χ0) is 17.9. The molecule has 1 fully saturated rings. The summed E-state index contributed by atoms with van der Waals surface area (Å²) >= 11 is 0. The number of carboxylic acid groups (broad SMARTS) is 1. The molecule has 7 nitrogen and oxygen atoms in total. The van der Waals surface area contributed by atoms with E-state index in [0.717, 1.165) is 0 Å². The Balaban J connectivity index is 1.89. The van der Waals surface area contributed by atoms with Crippen LogP contribution in [0.3, 0.4) is 0 Å². The average molecular weight is 332 g/mol. The summed E-state index contributed by atoms with van der Waals surface area (Å²) in [5.41, 5.74) is 0.00688. The van der Waals surface area contributed by atoms with Crippen LogP contribution >= 0.6 is 0 Å². The van der Waals surface area contributed by atoms with Crippen LogP contribution in [0.15, 0.2) is 18.2 Å². The summed E-state index contributed by atoms with van der Waals surface area (Å²) in [6.07, 6.45) is -0.466. The van der Waals surface area contributed by atoms with Gasteiger partial charge >= 0.3 is 12.1 Å². The molecule has 1 aromatic rings. The molecule has 1 N–H and O–H groups in total. The number of carboxylic acids is 1. The van der Waals surface area contributed by atoms with E-state index in [-0.39, 0.29) is 24.6 Å². The normalized spacial score (nSPS) is 18.4. The molecule has 0 radical (unpaired) electrons. The molecule has 2 aliphatic heterocycles. The van der Waals surface area contributed by atoms with Crippen molar-refractivity contribution in [2.45, 2.75) is 31.8 Å². The average Bonchev–Trinajstić information content (AvgIpc) is 2.64. The van der Waals surface area contributed by atoms with Crippen molar-refractivity contribution in [1.82, 2.24) is 4.90 Å². The fourth-order valence-corrected chi connectivity index (χ4v) is 3.26. The first-order valence-electron chi connectivity index (χ1n) is 7.69. The van der Waals surface area contributed by atoms with E-state index < -0.39 is 23.1 Å². The fraction of sp³-hybridized carbons (Fsp3) is 0.471. The molecule has 1 saturated heterocycles. The molecule has 1 spiro atoms. The molecular weight excluding hydrogens is 312 g/mol. The van der Waals surface area contributed by atoms with Gasteiger partial charge in [-0.3, -0.25) is 4.79 Å². The summed E-state index contributed by atoms with van der Waals surface area (Å²) in [5, 5.41) is 9.19. The standard InChI is InChI=1S/C17H20N2O5/c1-16(2,3)24-15(23)19-8-17(9-19)11-7-10(13(20)21)5-6-12(11)18(4)14(17)22/h5-7H,8-9H2,1-4H3,(H,20,21). The number of anilines is 1. The number of aromatic carboxylic acids is 1. The summed E-state index contributed by atoms with van der Waals surface area (Å²) in [5.74, 6) is -1.17. The largest absolute Gasteiger partial charge is 0.478 e. The first-order chi connectivity index (χ1) is 11.0. The predicted octanol–water partition coefficient (Wildman–Crippen LogP) is 1.85. The van der Waals surface area contributed by atoms with Crippen molar-refractivity contribution in [1.29, 1.82) is 0 Å². The Morgan fingerprint density at radius 2 is 1.88 bits per heavy atom. The molecule has 2 heterocycles. The van der Waals surface area contributed by atoms with Gasteiger partial charge in [0.05, 0.1) is 5.56 Å². The molecule has 1 aromatic carbocycles. The zero-order valence-corrected chi connectivity index (χ0v) is 14.1. The molecule has 2 aliphatic rings. The van der Waals surface area contributed by atoms with E-state index in [0.29, 0.717) is 11.3 Å². The monoisotopic (exact) mass is 332 g/mol. The number of fused-ring (bicyclic) bond motifs is 2. The first-order valence-corrected chi connectivity index (χ1v) is 7.69. The molecule has 128 valence electrons. The van der Waals surface area contributed by atoms with Gasteiger partial charge in [0.1, 0.15) is 11.0 Å². The number of hydrogen-bond acceptors (Lipinski definition) is 4. The minimum absolute atomic E-state index is 0.125. The van der Waals surface area contributed by atoms with E-state index in [2.05, 4.69) is 0 Å². The second-order valence-electron chi connectivity index (χ2n) is 7.32. The van der Waals surface area contributed by atoms with Gasteiger partial charge in [0.2, 0.25) is 5.91 Å². The van der Waals surface area contributed by atoms with Gasteiger partial charge < -0.3 is 19.6 Å². The molecule has 3 rings (SSSR count). The molecule has 0 atom stereocenters. The summed E-state index contributed by atoms with van der Waals surface area (Å²) in [6, 6.07) is 4.65. The topological polar surface area (TPSA) is 87.2 Å². The van der Waals surface area contributed by atoms with Gasteiger partial charge in [-0.2, -0.15) is 0 Å². The van der Waals surface area contributed by atoms with Crippen LogP contribution in [-0.2, 0) is 14.9 Å². The van der Waals surface area contributed by atoms with E-state index in [9.17, 15) is 19.5 Å². The molecule has 2 amide bonds. The van der Waals surface area contributed by atoms with E-state index >= 15 is 0 Å². The lowest BCUT2D eigenvalue weighted by Gasteiger charge is -2.46. The van der Waals surface area contributed by atoms with Crippen LogP contribution in [0.1, 0.15) is 36.7 Å². The number of carbonyl (C=O) groups is 3. The number of benzene rings is 1. The summed E-state index contributed by atoms with van der Waals surface area (Å²) in [6.45, 7) is 5.73. The van der Waals surface area contributed by atoms with Gasteiger partial charge in [-0.05, 0) is 44.5 Å². The predicted molar refractivity (Wildman–Crippen MR) is 86.3 cm³/mol. The highest BCUT2D eigenvalue weighted by Crippen LogP contribution is 2.47. The molecule has 7 heteroatoms. The van der Waals surface area contributed by atoms with Gasteiger partial charge in [-0.25, -0.2) is 9.59 Å². The van der Waals surface area contributed by atoms with Crippen molar-refractivity contribution >= 4 is 23.7 Å². The number of amides is 2. The van der Waals surface area contributed by atoms with E-state index in [1.165, 1.54) is 21.9 Å². The van der Waals surface area contributed by atoms with Gasteiger partial charge in [0, 0.05) is 25.8 Å². The van der Waals surface area contributed by atoms with Crippen molar-refractivity contribution in [3.8, 4) is 0 Å². The summed E-state index contributed by atoms with van der Waals surface area (Å²) < 4.78 is 5.32. The van der Waals surface area contributed by atoms with Crippen LogP contribution in [-0.4, -0.2) is 53.7 Å². The maximum absolute atomic E-state index is 12.7. The number of likely N-dealkylation sites (N-methyl/N-ethyl adjacent to an activating group) is 1. The van der Waals surface area contributed by atoms with E-state index in [1.807, 2.05) is 0 Å². The van der Waals surface area contributed by atoms with Crippen LogP contribution in [0.4, 0.5) is 10.5 Å². The van der Waals surface area contributed by atoms with Crippen LogP contribution in [0.5, 0.6) is 0 Å². The zero-order valence-electron chi connectivity index (χ0n) is 14.1. The van der Waals surface area contributed by atoms with Crippen molar-refractivity contribution in [2.75, 3.05) is 25.0 Å². The molecule has 24 heavy (non-hydrogen) atoms. The van der Waals surface area contributed by atoms with Gasteiger partial charge in [0.15, 0.2) is 0 Å². The van der Waals surface area contributed by atoms with Crippen LogP contribution in [0.2, 0.25) is 0 Å². The number of nitrogens with zero attached hydrogens (tertiary/aromatic N) is 2. The summed E-state index contributed by atoms with van der Waals surface area (Å²) in [4.78, 5) is 39.1. The minimum Gasteiger partial charge on any atom is -0.478 e. The highest BCUT2D eigenvalue weighted by Gasteiger charge is 2.59. The number of carbonyl (C=O) groups excluding carboxylic acids is 2. The highest BCUT2D eigenvalue weighted by molar-refractivity contribution is 6.10. The lowest BCUT2D eigenvalue weighted by molar-refractivity contribution is -0.128. The van der Waals surface area contributed by atoms with Crippen molar-refractivity contribution in [3.63, 3.8) is 0 Å². The second-order valence-corrected chi connectivity index (χ2v) is 7.32. The SMILES string of the molecule is CN1C(=O)C2(CN(C(=O)OC(C)(C)C)C2)c2cc(C(=O)O)ccc21. The number of likely N-dealkylation sites (tertiary alicyclic amines) is 1. The number of rotatable bonds is 1. The smallest absolute Gasteiger partial charge is 0.410 e. The quantitative estimate of drug-likeness (QED) is 0.848. The Morgan fingerprint density at radius 3 is 2.42 bits per heavy atom. The van der Waals surface area contributed by atoms with Crippen molar-refractivity contribution < 1.29 is 24.2 Å². The Bertz CT molecular complexity index is 744. The highest BCUT2D eigenvalue weighted by atomic mass is 16.6. The molecule has 0 bridgehead atoms. The van der Waals surface area contributed by atoms with Gasteiger partial charge in [-0.1, -0.05) is 0 Å².